The van der Waals surface area contributed by atoms with Gasteiger partial charge in [-0.2, -0.15) is 5.10 Å². The van der Waals surface area contributed by atoms with Gasteiger partial charge < -0.3 is 4.74 Å². The van der Waals surface area contributed by atoms with E-state index in [4.69, 9.17) is 4.74 Å². The summed E-state index contributed by atoms with van der Waals surface area (Å²) in [5.74, 6) is -0.928. The fraction of sp³-hybridized carbons (Fsp3) is 0.286. The van der Waals surface area contributed by atoms with Gasteiger partial charge in [0.1, 0.15) is 9.71 Å². The number of nitrogens with zero attached hydrogens (tertiary/aromatic N) is 3. The van der Waals surface area contributed by atoms with E-state index in [1.807, 2.05) is 26.3 Å². The Kier molecular flexibility index (Phi) is 4.14. The molecule has 1 amide bonds. The molecule has 3 aromatic rings. The largest absolute Gasteiger partial charge is 0.451 e. The molecule has 0 spiro atoms. The van der Waals surface area contributed by atoms with E-state index >= 15 is 0 Å². The van der Waals surface area contributed by atoms with Crippen molar-refractivity contribution >= 4 is 49.9 Å². The minimum atomic E-state index is -0.518. The molecule has 3 heterocycles. The Labute approximate surface area is 139 Å². The summed E-state index contributed by atoms with van der Waals surface area (Å²) in [7, 11) is 1.82. The quantitative estimate of drug-likeness (QED) is 0.731. The number of ether oxygens (including phenoxy) is 1. The van der Waals surface area contributed by atoms with E-state index in [2.05, 4.69) is 15.4 Å². The number of esters is 1. The Morgan fingerprint density at radius 2 is 2.17 bits per heavy atom. The number of hydrogen-bond donors (Lipinski definition) is 1. The van der Waals surface area contributed by atoms with Crippen LogP contribution in [-0.4, -0.2) is 33.2 Å². The molecule has 3 rings (SSSR count). The Balaban J connectivity index is 1.61. The first-order chi connectivity index (χ1) is 10.9. The molecule has 120 valence electrons. The standard InChI is InChI=1S/C14H14N4O3S2/c1-7-6-22-14(15-7)16-11(19)5-21-13(20)10-4-9-8(2)17-18(3)12(9)23-10/h4,6H,5H2,1-3H3,(H,15,16,19). The zero-order valence-corrected chi connectivity index (χ0v) is 14.4. The molecule has 0 radical (unpaired) electrons. The molecule has 9 heteroatoms. The maximum atomic E-state index is 12.1. The minimum Gasteiger partial charge on any atom is -0.451 e. The van der Waals surface area contributed by atoms with E-state index in [1.165, 1.54) is 22.7 Å². The van der Waals surface area contributed by atoms with Crippen molar-refractivity contribution in [3.63, 3.8) is 0 Å². The van der Waals surface area contributed by atoms with Gasteiger partial charge in [-0.15, -0.1) is 22.7 Å². The predicted molar refractivity (Wildman–Crippen MR) is 89.1 cm³/mol. The van der Waals surface area contributed by atoms with Crippen LogP contribution >= 0.6 is 22.7 Å². The Bertz CT molecular complexity index is 859. The number of thiophene rings is 1. The molecule has 0 fully saturated rings. The zero-order valence-electron chi connectivity index (χ0n) is 12.7. The molecule has 23 heavy (non-hydrogen) atoms. The van der Waals surface area contributed by atoms with Crippen LogP contribution < -0.4 is 5.32 Å². The third-order valence-electron chi connectivity index (χ3n) is 3.10. The number of nitrogens with one attached hydrogen (secondary N) is 1. The molecule has 0 atom stereocenters. The van der Waals surface area contributed by atoms with Crippen LogP contribution in [0.25, 0.3) is 10.2 Å². The van der Waals surface area contributed by atoms with Gasteiger partial charge in [0.15, 0.2) is 11.7 Å². The Morgan fingerprint density at radius 3 is 2.83 bits per heavy atom. The summed E-state index contributed by atoms with van der Waals surface area (Å²) >= 11 is 2.62. The molecule has 1 N–H and O–H groups in total. The van der Waals surface area contributed by atoms with E-state index in [1.54, 1.807) is 10.7 Å². The second kappa shape index (κ2) is 6.09. The average Bonchev–Trinajstić information content (AvgIpc) is 3.16. The lowest BCUT2D eigenvalue weighted by Crippen LogP contribution is -2.20. The number of rotatable bonds is 4. The first-order valence-corrected chi connectivity index (χ1v) is 8.46. The van der Waals surface area contributed by atoms with E-state index in [9.17, 15) is 9.59 Å². The fourth-order valence-corrected chi connectivity index (χ4v) is 3.80. The van der Waals surface area contributed by atoms with Gasteiger partial charge in [-0.05, 0) is 19.9 Å². The van der Waals surface area contributed by atoms with Crippen molar-refractivity contribution in [3.8, 4) is 0 Å². The smallest absolute Gasteiger partial charge is 0.348 e. The SMILES string of the molecule is Cc1csc(NC(=O)COC(=O)c2cc3c(C)nn(C)c3s2)n1. The fourth-order valence-electron chi connectivity index (χ4n) is 2.07. The van der Waals surface area contributed by atoms with Crippen LogP contribution in [0.5, 0.6) is 0 Å². The van der Waals surface area contributed by atoms with Crippen molar-refractivity contribution in [1.82, 2.24) is 14.8 Å². The molecule has 0 aliphatic carbocycles. The molecule has 7 nitrogen and oxygen atoms in total. The summed E-state index contributed by atoms with van der Waals surface area (Å²) < 4.78 is 6.78. The number of carbonyl (C=O) groups excluding carboxylic acids is 2. The van der Waals surface area contributed by atoms with Crippen molar-refractivity contribution < 1.29 is 14.3 Å². The third kappa shape index (κ3) is 3.25. The van der Waals surface area contributed by atoms with Gasteiger partial charge in [-0.3, -0.25) is 14.8 Å². The topological polar surface area (TPSA) is 86.1 Å². The Morgan fingerprint density at radius 1 is 1.39 bits per heavy atom. The molecule has 3 aromatic heterocycles. The van der Waals surface area contributed by atoms with Crippen LogP contribution in [0, 0.1) is 13.8 Å². The summed E-state index contributed by atoms with van der Waals surface area (Å²) in [4.78, 5) is 29.3. The van der Waals surface area contributed by atoms with Crippen molar-refractivity contribution in [1.29, 1.82) is 0 Å². The maximum absolute atomic E-state index is 12.1. The summed E-state index contributed by atoms with van der Waals surface area (Å²) in [6.45, 7) is 3.38. The molecular weight excluding hydrogens is 336 g/mol. The van der Waals surface area contributed by atoms with Crippen LogP contribution in [-0.2, 0) is 16.6 Å². The Hall–Kier alpha value is -2.26. The summed E-state index contributed by atoms with van der Waals surface area (Å²) in [6, 6.07) is 1.74. The molecule has 0 aliphatic rings. The van der Waals surface area contributed by atoms with Crippen molar-refractivity contribution in [2.24, 2.45) is 7.05 Å². The number of aromatic nitrogens is 3. The molecule has 0 unspecified atom stereocenters. The molecular formula is C14H14N4O3S2. The summed E-state index contributed by atoms with van der Waals surface area (Å²) in [5.41, 5.74) is 1.69. The molecule has 0 bridgehead atoms. The number of anilines is 1. The van der Waals surface area contributed by atoms with Crippen LogP contribution in [0.3, 0.4) is 0 Å². The van der Waals surface area contributed by atoms with Crippen molar-refractivity contribution in [3.05, 3.63) is 27.7 Å². The lowest BCUT2D eigenvalue weighted by molar-refractivity contribution is -0.119. The number of fused-ring (bicyclic) bond motifs is 1. The van der Waals surface area contributed by atoms with Crippen molar-refractivity contribution in [2.45, 2.75) is 13.8 Å². The van der Waals surface area contributed by atoms with Gasteiger partial charge in [0, 0.05) is 17.8 Å². The highest BCUT2D eigenvalue weighted by atomic mass is 32.1. The van der Waals surface area contributed by atoms with Crippen LogP contribution in [0.1, 0.15) is 21.1 Å². The zero-order chi connectivity index (χ0) is 16.6. The molecule has 0 aromatic carbocycles. The number of aryl methyl sites for hydroxylation is 3. The number of thiazole rings is 1. The van der Waals surface area contributed by atoms with E-state index in [0.717, 1.165) is 21.6 Å². The van der Waals surface area contributed by atoms with Crippen LogP contribution in [0.2, 0.25) is 0 Å². The van der Waals surface area contributed by atoms with Gasteiger partial charge >= 0.3 is 5.97 Å². The highest BCUT2D eigenvalue weighted by molar-refractivity contribution is 7.20. The molecule has 0 saturated carbocycles. The predicted octanol–water partition coefficient (Wildman–Crippen LogP) is 2.50. The number of carbonyl (C=O) groups is 2. The van der Waals surface area contributed by atoms with Gasteiger partial charge in [0.05, 0.1) is 11.4 Å². The number of amides is 1. The molecule has 0 aliphatic heterocycles. The lowest BCUT2D eigenvalue weighted by Gasteiger charge is -2.03. The van der Waals surface area contributed by atoms with Gasteiger partial charge in [0.2, 0.25) is 0 Å². The molecule has 0 saturated heterocycles. The van der Waals surface area contributed by atoms with Crippen LogP contribution in [0.4, 0.5) is 5.13 Å². The van der Waals surface area contributed by atoms with Crippen molar-refractivity contribution in [2.75, 3.05) is 11.9 Å². The number of hydrogen-bond acceptors (Lipinski definition) is 7. The first-order valence-electron chi connectivity index (χ1n) is 6.76. The van der Waals surface area contributed by atoms with Gasteiger partial charge in [0.25, 0.3) is 5.91 Å². The second-order valence-electron chi connectivity index (χ2n) is 4.96. The summed E-state index contributed by atoms with van der Waals surface area (Å²) in [5, 5.41) is 10.1. The monoisotopic (exact) mass is 350 g/mol. The van der Waals surface area contributed by atoms with E-state index in [0.29, 0.717) is 10.0 Å². The minimum absolute atomic E-state index is 0.344. The normalized spacial score (nSPS) is 10.9. The van der Waals surface area contributed by atoms with E-state index in [-0.39, 0.29) is 6.61 Å². The van der Waals surface area contributed by atoms with E-state index < -0.39 is 11.9 Å². The first kappa shape index (κ1) is 15.6. The second-order valence-corrected chi connectivity index (χ2v) is 6.85. The highest BCUT2D eigenvalue weighted by Gasteiger charge is 2.17. The lowest BCUT2D eigenvalue weighted by atomic mass is 10.3. The summed E-state index contributed by atoms with van der Waals surface area (Å²) in [6.07, 6.45) is 0. The third-order valence-corrected chi connectivity index (χ3v) is 5.15. The maximum Gasteiger partial charge on any atom is 0.348 e. The van der Waals surface area contributed by atoms with Gasteiger partial charge in [-0.1, -0.05) is 0 Å². The average molecular weight is 350 g/mol. The van der Waals surface area contributed by atoms with Gasteiger partial charge in [-0.25, -0.2) is 9.78 Å². The van der Waals surface area contributed by atoms with Crippen LogP contribution in [0.15, 0.2) is 11.4 Å². The highest BCUT2D eigenvalue weighted by Crippen LogP contribution is 2.28.